The molecule has 2 heterocycles. The number of alkyl halides is 2. The summed E-state index contributed by atoms with van der Waals surface area (Å²) in [4.78, 5) is 41.8. The second kappa shape index (κ2) is 12.2. The van der Waals surface area contributed by atoms with E-state index >= 15 is 0 Å². The van der Waals surface area contributed by atoms with Gasteiger partial charge in [-0.15, -0.1) is 6.58 Å². The van der Waals surface area contributed by atoms with Crippen LogP contribution >= 0.6 is 0 Å². The number of likely N-dealkylation sites (N-methyl/N-ethyl adjacent to an activating group) is 1. The van der Waals surface area contributed by atoms with E-state index in [0.29, 0.717) is 11.4 Å². The average molecular weight is 577 g/mol. The number of allylic oxidation sites excluding steroid dienone is 1. The van der Waals surface area contributed by atoms with Crippen LogP contribution in [0.25, 0.3) is 0 Å². The van der Waals surface area contributed by atoms with Crippen molar-refractivity contribution in [2.24, 2.45) is 0 Å². The average Bonchev–Trinajstić information content (AvgIpc) is 3.41. The van der Waals surface area contributed by atoms with Crippen LogP contribution in [0.5, 0.6) is 5.75 Å². The summed E-state index contributed by atoms with van der Waals surface area (Å²) in [6.07, 6.45) is 2.54. The van der Waals surface area contributed by atoms with E-state index < -0.39 is 23.8 Å². The Labute approximate surface area is 241 Å². The van der Waals surface area contributed by atoms with Crippen LogP contribution in [0.15, 0.2) is 61.3 Å². The Hall–Kier alpha value is -5.05. The van der Waals surface area contributed by atoms with Crippen molar-refractivity contribution in [1.29, 1.82) is 5.26 Å². The second-order valence-electron chi connectivity index (χ2n) is 9.88. The first kappa shape index (κ1) is 29.9. The number of methoxy groups -OCH3 is 1. The fourth-order valence-corrected chi connectivity index (χ4v) is 4.69. The summed E-state index contributed by atoms with van der Waals surface area (Å²) in [6.45, 7) is 5.21. The topological polar surface area (TPSA) is 121 Å². The van der Waals surface area contributed by atoms with Gasteiger partial charge in [0.15, 0.2) is 5.69 Å². The highest BCUT2D eigenvalue weighted by atomic mass is 19.3. The van der Waals surface area contributed by atoms with Crippen LogP contribution in [-0.4, -0.2) is 59.6 Å². The van der Waals surface area contributed by atoms with Crippen LogP contribution in [0.2, 0.25) is 0 Å². The lowest BCUT2D eigenvalue weighted by atomic mass is 10.0. The molecule has 218 valence electrons. The Kier molecular flexibility index (Phi) is 8.70. The third-order valence-corrected chi connectivity index (χ3v) is 7.10. The maximum absolute atomic E-state index is 14.6. The van der Waals surface area contributed by atoms with Crippen molar-refractivity contribution in [3.63, 3.8) is 0 Å². The van der Waals surface area contributed by atoms with E-state index in [-0.39, 0.29) is 59.9 Å². The van der Waals surface area contributed by atoms with Crippen molar-refractivity contribution in [2.75, 3.05) is 37.5 Å². The van der Waals surface area contributed by atoms with Gasteiger partial charge in [-0.2, -0.15) is 10.4 Å². The molecule has 42 heavy (non-hydrogen) atoms. The van der Waals surface area contributed by atoms with Crippen LogP contribution < -0.4 is 15.0 Å². The minimum atomic E-state index is -3.06. The molecule has 0 spiro atoms. The molecule has 0 aliphatic carbocycles. The molecule has 1 atom stereocenters. The number of carbonyl (C=O) groups excluding carboxylic acids is 3. The summed E-state index contributed by atoms with van der Waals surface area (Å²) in [5.41, 5.74) is 0.693. The lowest BCUT2D eigenvalue weighted by Crippen LogP contribution is -2.47. The summed E-state index contributed by atoms with van der Waals surface area (Å²) in [6, 6.07) is 11.3. The largest absolute Gasteiger partial charge is 0.495 e. The van der Waals surface area contributed by atoms with Gasteiger partial charge in [0.25, 0.3) is 17.7 Å². The van der Waals surface area contributed by atoms with Crippen molar-refractivity contribution in [1.82, 2.24) is 14.7 Å². The van der Waals surface area contributed by atoms with Gasteiger partial charge in [-0.05, 0) is 36.8 Å². The van der Waals surface area contributed by atoms with Crippen molar-refractivity contribution in [2.45, 2.75) is 31.7 Å². The lowest BCUT2D eigenvalue weighted by Gasteiger charge is -2.35. The van der Waals surface area contributed by atoms with E-state index in [0.717, 1.165) is 0 Å². The lowest BCUT2D eigenvalue weighted by molar-refractivity contribution is -0.128. The van der Waals surface area contributed by atoms with E-state index in [1.165, 1.54) is 83.3 Å². The number of nitrogens with one attached hydrogen (secondary N) is 1. The Morgan fingerprint density at radius 3 is 2.62 bits per heavy atom. The highest BCUT2D eigenvalue weighted by Gasteiger charge is 2.37. The van der Waals surface area contributed by atoms with Gasteiger partial charge < -0.3 is 19.9 Å². The summed E-state index contributed by atoms with van der Waals surface area (Å²) in [5, 5.41) is 16.4. The van der Waals surface area contributed by atoms with Crippen molar-refractivity contribution in [3.8, 4) is 11.8 Å². The molecule has 2 aromatic carbocycles. The minimum Gasteiger partial charge on any atom is -0.495 e. The minimum absolute atomic E-state index is 0.0611. The normalized spacial score (nSPS) is 14.5. The zero-order valence-electron chi connectivity index (χ0n) is 23.4. The monoisotopic (exact) mass is 576 g/mol. The number of benzene rings is 2. The van der Waals surface area contributed by atoms with Crippen LogP contribution in [0.3, 0.4) is 0 Å². The molecule has 3 amide bonds. The predicted octanol–water partition coefficient (Wildman–Crippen LogP) is 4.75. The first-order valence-electron chi connectivity index (χ1n) is 13.1. The van der Waals surface area contributed by atoms with Crippen LogP contribution in [0.4, 0.5) is 20.2 Å². The third kappa shape index (κ3) is 6.00. The maximum atomic E-state index is 14.6. The Morgan fingerprint density at radius 1 is 1.29 bits per heavy atom. The fraction of sp³-hybridized carbons (Fsp3) is 0.300. The molecular weight excluding hydrogens is 546 g/mol. The molecular formula is C30H30F2N6O4. The summed E-state index contributed by atoms with van der Waals surface area (Å²) in [7, 11) is 3.03. The highest BCUT2D eigenvalue weighted by Crippen LogP contribution is 2.36. The molecule has 4 rings (SSSR count). The Morgan fingerprint density at radius 2 is 2.00 bits per heavy atom. The van der Waals surface area contributed by atoms with E-state index in [1.807, 2.05) is 6.07 Å². The van der Waals surface area contributed by atoms with E-state index in [1.54, 1.807) is 7.05 Å². The number of hydrogen-bond acceptors (Lipinski definition) is 6. The Balaban J connectivity index is 1.68. The number of carbonyl (C=O) groups is 3. The van der Waals surface area contributed by atoms with Gasteiger partial charge in [-0.25, -0.2) is 8.78 Å². The van der Waals surface area contributed by atoms with Crippen molar-refractivity contribution < 1.29 is 27.9 Å². The molecule has 0 fully saturated rings. The van der Waals surface area contributed by atoms with Crippen molar-refractivity contribution >= 4 is 29.1 Å². The number of rotatable bonds is 10. The van der Waals surface area contributed by atoms with E-state index in [4.69, 9.17) is 4.74 Å². The number of nitriles is 1. The first-order chi connectivity index (χ1) is 20.0. The third-order valence-electron chi connectivity index (χ3n) is 7.10. The molecule has 1 aliphatic heterocycles. The number of ether oxygens (including phenoxy) is 1. The standard InChI is InChI=1S/C30H30F2N6O4/c1-5-6-13-30(31,32)22-8-10-23(11-9-22)37-18-24(17-36(3)19(2)39)38-27(29(37)41)25(16-34-38)35-28(40)20-7-12-26(42-4)21(14-20)15-33/h5,7-12,14,16,24H,1,6,13,17-18H2,2-4H3,(H,35,40). The molecule has 1 unspecified atom stereocenters. The number of halogens is 2. The zero-order chi connectivity index (χ0) is 30.6. The molecule has 0 saturated carbocycles. The molecule has 10 nitrogen and oxygen atoms in total. The second-order valence-corrected chi connectivity index (χ2v) is 9.88. The Bertz CT molecular complexity index is 1560. The summed E-state index contributed by atoms with van der Waals surface area (Å²) >= 11 is 0. The van der Waals surface area contributed by atoms with E-state index in [2.05, 4.69) is 17.0 Å². The molecule has 1 aromatic heterocycles. The number of fused-ring (bicyclic) bond motifs is 1. The predicted molar refractivity (Wildman–Crippen MR) is 152 cm³/mol. The summed E-state index contributed by atoms with van der Waals surface area (Å²) in [5.74, 6) is -4.04. The SMILES string of the molecule is C=CCCC(F)(F)c1ccc(N2CC(CN(C)C(C)=O)n3ncc(NC(=O)c4ccc(OC)c(C#N)c4)c3C2=O)cc1. The summed E-state index contributed by atoms with van der Waals surface area (Å²) < 4.78 is 35.8. The maximum Gasteiger partial charge on any atom is 0.278 e. The molecule has 0 saturated heterocycles. The van der Waals surface area contributed by atoms with Crippen LogP contribution in [-0.2, 0) is 10.7 Å². The molecule has 12 heteroatoms. The van der Waals surface area contributed by atoms with Gasteiger partial charge in [0.2, 0.25) is 5.91 Å². The van der Waals surface area contributed by atoms with E-state index in [9.17, 15) is 28.4 Å². The van der Waals surface area contributed by atoms with Crippen LogP contribution in [0, 0.1) is 11.3 Å². The van der Waals surface area contributed by atoms with Gasteiger partial charge in [0.05, 0.1) is 37.1 Å². The van der Waals surface area contributed by atoms with Crippen molar-refractivity contribution in [3.05, 3.63) is 83.7 Å². The highest BCUT2D eigenvalue weighted by molar-refractivity contribution is 6.13. The quantitative estimate of drug-likeness (QED) is 0.348. The van der Waals surface area contributed by atoms with Gasteiger partial charge in [-0.1, -0.05) is 18.2 Å². The number of anilines is 2. The number of aromatic nitrogens is 2. The van der Waals surface area contributed by atoms with Crippen LogP contribution in [0.1, 0.15) is 57.8 Å². The molecule has 0 bridgehead atoms. The zero-order valence-corrected chi connectivity index (χ0v) is 23.4. The molecule has 1 aliphatic rings. The van der Waals surface area contributed by atoms with Gasteiger partial charge in [0.1, 0.15) is 11.8 Å². The fourth-order valence-electron chi connectivity index (χ4n) is 4.69. The first-order valence-corrected chi connectivity index (χ1v) is 13.1. The number of amides is 3. The van der Waals surface area contributed by atoms with Gasteiger partial charge in [-0.3, -0.25) is 19.1 Å². The van der Waals surface area contributed by atoms with Gasteiger partial charge >= 0.3 is 0 Å². The number of hydrogen-bond donors (Lipinski definition) is 1. The smallest absolute Gasteiger partial charge is 0.278 e. The number of nitrogens with zero attached hydrogens (tertiary/aromatic N) is 5. The van der Waals surface area contributed by atoms with Gasteiger partial charge in [0, 0.05) is 43.8 Å². The molecule has 1 N–H and O–H groups in total. The molecule has 0 radical (unpaired) electrons. The molecule has 3 aromatic rings.